The summed E-state index contributed by atoms with van der Waals surface area (Å²) in [6, 6.07) is 7.98. The van der Waals surface area contributed by atoms with Gasteiger partial charge >= 0.3 is 0 Å². The monoisotopic (exact) mass is 402 g/mol. The molecule has 0 spiro atoms. The van der Waals surface area contributed by atoms with E-state index in [1.54, 1.807) is 19.1 Å². The van der Waals surface area contributed by atoms with Crippen LogP contribution in [0.3, 0.4) is 0 Å². The number of carbonyl (C=O) groups is 1. The minimum Gasteiger partial charge on any atom is -0.394 e. The molecule has 1 heterocycles. The van der Waals surface area contributed by atoms with Crippen molar-refractivity contribution < 1.29 is 33.9 Å². The second kappa shape index (κ2) is 9.75. The molecule has 1 aromatic carbocycles. The van der Waals surface area contributed by atoms with Crippen molar-refractivity contribution in [2.45, 2.75) is 50.6 Å². The summed E-state index contributed by atoms with van der Waals surface area (Å²) in [5.74, 6) is -0.460. The number of rotatable bonds is 8. The van der Waals surface area contributed by atoms with E-state index < -0.39 is 50.6 Å². The molecule has 6 atom stereocenters. The standard InChI is InChI=1S/C17H27N2O7P/c1-3-25-27(24,10-12-7-5-4-6-8-12)19-17-14(18-11(2)21)16(23)15(22)13(9-20)26-17/h4-8,13-17,20,22-23H,3,9-10H2,1-2H3,(H,18,21)(H,19,24)/t13-,14-,15-,16-,17-,27?/m1/s1. The second-order valence-corrected chi connectivity index (χ2v) is 8.53. The van der Waals surface area contributed by atoms with Crippen LogP contribution in [0.5, 0.6) is 0 Å². The zero-order valence-corrected chi connectivity index (χ0v) is 16.2. The van der Waals surface area contributed by atoms with Gasteiger partial charge in [0.15, 0.2) is 0 Å². The first kappa shape index (κ1) is 22.0. The number of aliphatic hydroxyl groups is 3. The highest BCUT2D eigenvalue weighted by Crippen LogP contribution is 2.47. The smallest absolute Gasteiger partial charge is 0.276 e. The van der Waals surface area contributed by atoms with Gasteiger partial charge in [-0.15, -0.1) is 0 Å². The van der Waals surface area contributed by atoms with E-state index in [2.05, 4.69) is 10.4 Å². The number of hydrogen-bond donors (Lipinski definition) is 5. The van der Waals surface area contributed by atoms with Gasteiger partial charge < -0.3 is 29.9 Å². The molecule has 0 saturated carbocycles. The van der Waals surface area contributed by atoms with Crippen molar-refractivity contribution in [1.82, 2.24) is 10.4 Å². The van der Waals surface area contributed by atoms with Crippen molar-refractivity contribution >= 4 is 13.4 Å². The molecule has 0 aliphatic carbocycles. The van der Waals surface area contributed by atoms with Crippen LogP contribution in [0.25, 0.3) is 0 Å². The molecular weight excluding hydrogens is 375 g/mol. The fourth-order valence-electron chi connectivity index (χ4n) is 2.98. The van der Waals surface area contributed by atoms with E-state index in [1.165, 1.54) is 6.92 Å². The van der Waals surface area contributed by atoms with Gasteiger partial charge in [0.2, 0.25) is 5.91 Å². The van der Waals surface area contributed by atoms with E-state index in [-0.39, 0.29) is 12.8 Å². The predicted molar refractivity (Wildman–Crippen MR) is 97.9 cm³/mol. The molecule has 1 aliphatic heterocycles. The highest BCUT2D eigenvalue weighted by atomic mass is 31.2. The first-order valence-electron chi connectivity index (χ1n) is 8.74. The summed E-state index contributed by atoms with van der Waals surface area (Å²) in [5.41, 5.74) is 0.771. The van der Waals surface area contributed by atoms with Crippen molar-refractivity contribution in [3.8, 4) is 0 Å². The van der Waals surface area contributed by atoms with E-state index in [4.69, 9.17) is 9.26 Å². The van der Waals surface area contributed by atoms with Crippen LogP contribution < -0.4 is 10.4 Å². The molecule has 1 fully saturated rings. The second-order valence-electron chi connectivity index (χ2n) is 6.35. The summed E-state index contributed by atoms with van der Waals surface area (Å²) in [7, 11) is -3.47. The molecule has 1 unspecified atom stereocenters. The Hall–Kier alpha value is -1.32. The Labute approximate surface area is 158 Å². The maximum absolute atomic E-state index is 13.3. The largest absolute Gasteiger partial charge is 0.394 e. The van der Waals surface area contributed by atoms with E-state index in [1.807, 2.05) is 18.2 Å². The minimum absolute atomic E-state index is 0.0662. The van der Waals surface area contributed by atoms with Crippen molar-refractivity contribution in [3.63, 3.8) is 0 Å². The lowest BCUT2D eigenvalue weighted by Crippen LogP contribution is -2.67. The Morgan fingerprint density at radius 2 is 1.93 bits per heavy atom. The highest BCUT2D eigenvalue weighted by Gasteiger charge is 2.46. The predicted octanol–water partition coefficient (Wildman–Crippen LogP) is -0.0505. The fraction of sp³-hybridized carbons (Fsp3) is 0.588. The number of hydrogen-bond acceptors (Lipinski definition) is 7. The van der Waals surface area contributed by atoms with Crippen LogP contribution in [-0.4, -0.2) is 65.0 Å². The molecule has 1 aromatic rings. The Morgan fingerprint density at radius 1 is 1.26 bits per heavy atom. The van der Waals surface area contributed by atoms with Crippen LogP contribution in [0.4, 0.5) is 0 Å². The number of ether oxygens (including phenoxy) is 1. The maximum Gasteiger partial charge on any atom is 0.276 e. The Morgan fingerprint density at radius 3 is 2.48 bits per heavy atom. The van der Waals surface area contributed by atoms with Crippen LogP contribution in [-0.2, 0) is 24.8 Å². The van der Waals surface area contributed by atoms with E-state index in [0.717, 1.165) is 5.56 Å². The Bertz CT molecular complexity index is 660. The van der Waals surface area contributed by atoms with Gasteiger partial charge in [0.25, 0.3) is 7.52 Å². The van der Waals surface area contributed by atoms with Crippen LogP contribution in [0.1, 0.15) is 19.4 Å². The molecule has 5 N–H and O–H groups in total. The average molecular weight is 402 g/mol. The summed E-state index contributed by atoms with van der Waals surface area (Å²) in [6.45, 7) is 2.56. The Balaban J connectivity index is 2.25. The van der Waals surface area contributed by atoms with E-state index in [9.17, 15) is 24.7 Å². The lowest BCUT2D eigenvalue weighted by atomic mass is 9.96. The van der Waals surface area contributed by atoms with Crippen molar-refractivity contribution in [3.05, 3.63) is 35.9 Å². The third kappa shape index (κ3) is 5.83. The molecular formula is C17H27N2O7P. The zero-order valence-electron chi connectivity index (χ0n) is 15.3. The van der Waals surface area contributed by atoms with Gasteiger partial charge in [-0.2, -0.15) is 0 Å². The summed E-state index contributed by atoms with van der Waals surface area (Å²) in [5, 5.41) is 35.1. The summed E-state index contributed by atoms with van der Waals surface area (Å²) in [4.78, 5) is 11.5. The number of amides is 1. The van der Waals surface area contributed by atoms with Crippen LogP contribution in [0.15, 0.2) is 30.3 Å². The third-order valence-corrected chi connectivity index (χ3v) is 6.30. The van der Waals surface area contributed by atoms with Crippen LogP contribution in [0.2, 0.25) is 0 Å². The van der Waals surface area contributed by atoms with E-state index >= 15 is 0 Å². The van der Waals surface area contributed by atoms with E-state index in [0.29, 0.717) is 0 Å². The lowest BCUT2D eigenvalue weighted by molar-refractivity contribution is -0.198. The van der Waals surface area contributed by atoms with Gasteiger partial charge in [-0.25, -0.2) is 5.09 Å². The molecule has 10 heteroatoms. The molecule has 1 aliphatic rings. The van der Waals surface area contributed by atoms with Crippen LogP contribution >= 0.6 is 7.52 Å². The number of benzene rings is 1. The van der Waals surface area contributed by atoms with Crippen molar-refractivity contribution in [2.75, 3.05) is 13.2 Å². The molecule has 0 aromatic heterocycles. The summed E-state index contributed by atoms with van der Waals surface area (Å²) >= 11 is 0. The van der Waals surface area contributed by atoms with Gasteiger partial charge in [-0.05, 0) is 12.5 Å². The maximum atomic E-state index is 13.3. The van der Waals surface area contributed by atoms with Gasteiger partial charge in [-0.3, -0.25) is 9.36 Å². The molecule has 0 bridgehead atoms. The lowest BCUT2D eigenvalue weighted by Gasteiger charge is -2.43. The first-order chi connectivity index (χ1) is 12.8. The fourth-order valence-corrected chi connectivity index (χ4v) is 4.95. The number of nitrogens with one attached hydrogen (secondary N) is 2. The zero-order chi connectivity index (χ0) is 20.0. The Kier molecular flexibility index (Phi) is 7.93. The molecule has 1 amide bonds. The summed E-state index contributed by atoms with van der Waals surface area (Å²) in [6.07, 6.45) is -5.01. The molecule has 152 valence electrons. The first-order valence-corrected chi connectivity index (χ1v) is 10.6. The molecule has 2 rings (SSSR count). The van der Waals surface area contributed by atoms with Crippen molar-refractivity contribution in [1.29, 1.82) is 0 Å². The van der Waals surface area contributed by atoms with Gasteiger partial charge in [0.05, 0.1) is 25.4 Å². The number of aliphatic hydroxyl groups excluding tert-OH is 3. The quantitative estimate of drug-likeness (QED) is 0.382. The molecule has 27 heavy (non-hydrogen) atoms. The topological polar surface area (TPSA) is 137 Å². The third-order valence-electron chi connectivity index (χ3n) is 4.19. The number of carbonyl (C=O) groups excluding carboxylic acids is 1. The van der Waals surface area contributed by atoms with Gasteiger partial charge in [0.1, 0.15) is 24.5 Å². The summed E-state index contributed by atoms with van der Waals surface area (Å²) < 4.78 is 24.4. The normalized spacial score (nSPS) is 30.5. The van der Waals surface area contributed by atoms with Crippen LogP contribution in [0, 0.1) is 0 Å². The molecule has 9 nitrogen and oxygen atoms in total. The van der Waals surface area contributed by atoms with Gasteiger partial charge in [-0.1, -0.05) is 30.3 Å². The highest BCUT2D eigenvalue weighted by molar-refractivity contribution is 7.56. The van der Waals surface area contributed by atoms with Gasteiger partial charge in [0, 0.05) is 6.92 Å². The van der Waals surface area contributed by atoms with Crippen molar-refractivity contribution in [2.24, 2.45) is 0 Å². The molecule has 1 saturated heterocycles. The SMILES string of the molecule is CCOP(=O)(Cc1ccccc1)N[C@@H]1O[C@H](CO)[C@@H](O)[C@H](O)[C@H]1NC(C)=O. The average Bonchev–Trinajstić information content (AvgIpc) is 2.62. The minimum atomic E-state index is -3.47. The molecule has 0 radical (unpaired) electrons.